The summed E-state index contributed by atoms with van der Waals surface area (Å²) in [7, 11) is 1.43. The largest absolute Gasteiger partial charge is 0.454 e. The minimum absolute atomic E-state index is 0.196. The second-order valence-electron chi connectivity index (χ2n) is 3.76. The van der Waals surface area contributed by atoms with E-state index in [0.29, 0.717) is 21.6 Å². The smallest absolute Gasteiger partial charge is 0.264 e. The van der Waals surface area contributed by atoms with E-state index < -0.39 is 0 Å². The Hall–Kier alpha value is -2.15. The zero-order valence-corrected chi connectivity index (χ0v) is 10.8. The Bertz CT molecular complexity index is 597. The van der Waals surface area contributed by atoms with Crippen LogP contribution in [0.1, 0.15) is 5.56 Å². The average Bonchev–Trinajstić information content (AvgIpc) is 2.97. The van der Waals surface area contributed by atoms with Gasteiger partial charge in [-0.3, -0.25) is 10.1 Å². The fraction of sp³-hybridized carbons (Fsp3) is 0.167. The van der Waals surface area contributed by atoms with E-state index in [2.05, 4.69) is 15.3 Å². The Morgan fingerprint density at radius 3 is 3.11 bits per heavy atom. The highest BCUT2D eigenvalue weighted by atomic mass is 32.2. The lowest BCUT2D eigenvalue weighted by Gasteiger charge is -1.98. The van der Waals surface area contributed by atoms with Crippen molar-refractivity contribution in [2.45, 2.75) is 0 Å². The molecule has 0 saturated carbocycles. The van der Waals surface area contributed by atoms with Gasteiger partial charge in [0.25, 0.3) is 5.91 Å². The number of hydrogen-bond acceptors (Lipinski definition) is 6. The third-order valence-electron chi connectivity index (χ3n) is 2.52. The maximum Gasteiger partial charge on any atom is 0.264 e. The van der Waals surface area contributed by atoms with Crippen LogP contribution >= 0.6 is 11.8 Å². The molecule has 0 radical (unpaired) electrons. The molecule has 1 aromatic rings. The molecule has 1 fully saturated rings. The lowest BCUT2D eigenvalue weighted by molar-refractivity contribution is -0.115. The molecule has 0 spiro atoms. The van der Waals surface area contributed by atoms with Gasteiger partial charge >= 0.3 is 0 Å². The van der Waals surface area contributed by atoms with Crippen LogP contribution < -0.4 is 14.8 Å². The van der Waals surface area contributed by atoms with Crippen molar-refractivity contribution in [1.82, 2.24) is 5.32 Å². The van der Waals surface area contributed by atoms with Gasteiger partial charge in [-0.1, -0.05) is 11.2 Å². The molecule has 3 rings (SSSR count). The van der Waals surface area contributed by atoms with Crippen LogP contribution in [0, 0.1) is 0 Å². The first-order valence-electron chi connectivity index (χ1n) is 5.48. The predicted molar refractivity (Wildman–Crippen MR) is 70.7 cm³/mol. The fourth-order valence-corrected chi connectivity index (χ4v) is 2.51. The summed E-state index contributed by atoms with van der Waals surface area (Å²) in [5, 5.41) is 6.72. The summed E-state index contributed by atoms with van der Waals surface area (Å²) >= 11 is 1.22. The molecule has 98 valence electrons. The number of nitrogens with zero attached hydrogens (tertiary/aromatic N) is 1. The lowest BCUT2D eigenvalue weighted by atomic mass is 10.2. The Morgan fingerprint density at radius 2 is 2.26 bits per heavy atom. The first-order chi connectivity index (χ1) is 9.26. The van der Waals surface area contributed by atoms with Crippen LogP contribution in [0.3, 0.4) is 0 Å². The predicted octanol–water partition coefficient (Wildman–Crippen LogP) is 1.54. The van der Waals surface area contributed by atoms with Crippen molar-refractivity contribution in [2.75, 3.05) is 13.9 Å². The van der Waals surface area contributed by atoms with Crippen molar-refractivity contribution < 1.29 is 19.1 Å². The van der Waals surface area contributed by atoms with Gasteiger partial charge in [0.05, 0.1) is 4.91 Å². The monoisotopic (exact) mass is 278 g/mol. The van der Waals surface area contributed by atoms with E-state index >= 15 is 0 Å². The van der Waals surface area contributed by atoms with E-state index in [9.17, 15) is 4.79 Å². The molecule has 0 bridgehead atoms. The maximum absolute atomic E-state index is 11.7. The number of amides is 1. The molecule has 6 nitrogen and oxygen atoms in total. The molecular formula is C12H10N2O4S. The molecular weight excluding hydrogens is 268 g/mol. The molecule has 2 aliphatic rings. The number of carbonyl (C=O) groups excluding carboxylic acids is 1. The number of benzene rings is 1. The zero-order chi connectivity index (χ0) is 13.2. The molecule has 19 heavy (non-hydrogen) atoms. The topological polar surface area (TPSA) is 69.2 Å². The summed E-state index contributed by atoms with van der Waals surface area (Å²) in [6, 6.07) is 5.50. The fourth-order valence-electron chi connectivity index (χ4n) is 1.71. The van der Waals surface area contributed by atoms with Crippen LogP contribution in [0.2, 0.25) is 0 Å². The third-order valence-corrected chi connectivity index (χ3v) is 3.41. The molecule has 7 heteroatoms. The number of oxime groups is 1. The average molecular weight is 278 g/mol. The summed E-state index contributed by atoms with van der Waals surface area (Å²) < 4.78 is 10.5. The lowest BCUT2D eigenvalue weighted by Crippen LogP contribution is -2.19. The van der Waals surface area contributed by atoms with E-state index in [4.69, 9.17) is 9.47 Å². The number of amidine groups is 1. The molecule has 1 aromatic carbocycles. The quantitative estimate of drug-likeness (QED) is 0.656. The van der Waals surface area contributed by atoms with Gasteiger partial charge < -0.3 is 14.3 Å². The maximum atomic E-state index is 11.7. The van der Waals surface area contributed by atoms with E-state index in [0.717, 1.165) is 5.56 Å². The van der Waals surface area contributed by atoms with E-state index in [1.54, 1.807) is 6.08 Å². The van der Waals surface area contributed by atoms with Gasteiger partial charge in [0.15, 0.2) is 11.5 Å². The normalized spacial score (nSPS) is 21.0. The van der Waals surface area contributed by atoms with Gasteiger partial charge in [-0.15, -0.1) is 0 Å². The van der Waals surface area contributed by atoms with Crippen molar-refractivity contribution >= 4 is 28.9 Å². The summed E-state index contributed by atoms with van der Waals surface area (Å²) in [6.45, 7) is 0.231. The second kappa shape index (κ2) is 4.85. The van der Waals surface area contributed by atoms with Crippen molar-refractivity contribution in [3.63, 3.8) is 0 Å². The highest BCUT2D eigenvalue weighted by Crippen LogP contribution is 2.34. The van der Waals surface area contributed by atoms with E-state index in [1.807, 2.05) is 18.2 Å². The molecule has 0 unspecified atom stereocenters. The van der Waals surface area contributed by atoms with Crippen LogP contribution in [0.25, 0.3) is 6.08 Å². The van der Waals surface area contributed by atoms with Crippen molar-refractivity contribution in [3.05, 3.63) is 28.7 Å². The van der Waals surface area contributed by atoms with Crippen LogP contribution in [-0.4, -0.2) is 25.0 Å². The highest BCUT2D eigenvalue weighted by molar-refractivity contribution is 8.18. The van der Waals surface area contributed by atoms with Crippen molar-refractivity contribution in [3.8, 4) is 11.5 Å². The van der Waals surface area contributed by atoms with Crippen LogP contribution in [-0.2, 0) is 9.63 Å². The Balaban J connectivity index is 1.86. The van der Waals surface area contributed by atoms with Crippen LogP contribution in [0.5, 0.6) is 11.5 Å². The standard InChI is InChI=1S/C12H10N2O4S/c1-16-14-12-13-11(15)10(19-12)5-7-2-3-8-9(4-7)18-6-17-8/h2-5H,6H2,1H3,(H,13,14,15). The number of thioether (sulfide) groups is 1. The van der Waals surface area contributed by atoms with Gasteiger partial charge in [-0.2, -0.15) is 0 Å². The van der Waals surface area contributed by atoms with Gasteiger partial charge in [0.2, 0.25) is 12.0 Å². The summed E-state index contributed by atoms with van der Waals surface area (Å²) in [4.78, 5) is 16.9. The Labute approximate surface area is 113 Å². The van der Waals surface area contributed by atoms with E-state index in [-0.39, 0.29) is 12.7 Å². The zero-order valence-electron chi connectivity index (χ0n) is 10.0. The summed E-state index contributed by atoms with van der Waals surface area (Å²) in [6.07, 6.45) is 1.76. The number of rotatable bonds is 2. The Morgan fingerprint density at radius 1 is 1.42 bits per heavy atom. The molecule has 0 atom stereocenters. The molecule has 0 aliphatic carbocycles. The SMILES string of the molecule is CON=C1NC(=O)C(=Cc2ccc3c(c2)OCO3)S1. The van der Waals surface area contributed by atoms with Gasteiger partial charge in [0.1, 0.15) is 7.11 Å². The molecule has 2 heterocycles. The number of ether oxygens (including phenoxy) is 2. The second-order valence-corrected chi connectivity index (χ2v) is 4.79. The first kappa shape index (κ1) is 11.9. The molecule has 0 aromatic heterocycles. The molecule has 1 amide bonds. The summed E-state index contributed by atoms with van der Waals surface area (Å²) in [5.41, 5.74) is 0.862. The van der Waals surface area contributed by atoms with Crippen LogP contribution in [0.4, 0.5) is 0 Å². The Kier molecular flexibility index (Phi) is 3.04. The molecule has 2 aliphatic heterocycles. The van der Waals surface area contributed by atoms with Gasteiger partial charge in [0, 0.05) is 0 Å². The van der Waals surface area contributed by atoms with E-state index in [1.165, 1.54) is 18.9 Å². The van der Waals surface area contributed by atoms with Gasteiger partial charge in [-0.25, -0.2) is 0 Å². The highest BCUT2D eigenvalue weighted by Gasteiger charge is 2.24. The van der Waals surface area contributed by atoms with Gasteiger partial charge in [-0.05, 0) is 35.5 Å². The number of carbonyl (C=O) groups is 1. The van der Waals surface area contributed by atoms with Crippen molar-refractivity contribution in [2.24, 2.45) is 5.16 Å². The minimum Gasteiger partial charge on any atom is -0.454 e. The number of nitrogens with one attached hydrogen (secondary N) is 1. The van der Waals surface area contributed by atoms with Crippen molar-refractivity contribution in [1.29, 1.82) is 0 Å². The summed E-state index contributed by atoms with van der Waals surface area (Å²) in [5.74, 6) is 1.20. The molecule has 1 N–H and O–H groups in total. The first-order valence-corrected chi connectivity index (χ1v) is 6.29. The number of hydrogen-bond donors (Lipinski definition) is 1. The number of fused-ring (bicyclic) bond motifs is 1. The minimum atomic E-state index is -0.196. The molecule has 1 saturated heterocycles. The van der Waals surface area contributed by atoms with Crippen LogP contribution in [0.15, 0.2) is 28.3 Å². The third kappa shape index (κ3) is 2.37.